The molecule has 1 heterocycles. The van der Waals surface area contributed by atoms with E-state index < -0.39 is 5.97 Å². The first-order valence-corrected chi connectivity index (χ1v) is 7.93. The van der Waals surface area contributed by atoms with Gasteiger partial charge >= 0.3 is 5.97 Å². The van der Waals surface area contributed by atoms with E-state index in [0.717, 1.165) is 27.3 Å². The van der Waals surface area contributed by atoms with Gasteiger partial charge in [0, 0.05) is 20.8 Å². The average molecular weight is 357 g/mol. The van der Waals surface area contributed by atoms with Gasteiger partial charge in [-0.15, -0.1) is 0 Å². The van der Waals surface area contributed by atoms with Crippen molar-refractivity contribution >= 4 is 50.9 Å². The molecule has 0 aliphatic heterocycles. The van der Waals surface area contributed by atoms with Crippen molar-refractivity contribution in [2.24, 2.45) is 0 Å². The second-order valence-electron chi connectivity index (χ2n) is 5.46. The first-order valence-electron chi connectivity index (χ1n) is 7.18. The molecule has 118 valence electrons. The van der Waals surface area contributed by atoms with Crippen LogP contribution in [0.25, 0.3) is 32.9 Å². The maximum Gasteiger partial charge on any atom is 0.371 e. The highest BCUT2D eigenvalue weighted by atomic mass is 35.5. The molecule has 0 saturated carbocycles. The highest BCUT2D eigenvalue weighted by Crippen LogP contribution is 2.38. The van der Waals surface area contributed by atoms with Gasteiger partial charge in [-0.1, -0.05) is 47.5 Å². The number of carbonyl (C=O) groups is 1. The molecular weight excluding hydrogens is 347 g/mol. The minimum atomic E-state index is -1.09. The Bertz CT molecular complexity index is 1090. The Morgan fingerprint density at radius 1 is 0.917 bits per heavy atom. The number of furan rings is 1. The molecule has 1 aromatic heterocycles. The maximum absolute atomic E-state index is 11.2. The average Bonchev–Trinajstić information content (AvgIpc) is 2.98. The smallest absolute Gasteiger partial charge is 0.371 e. The summed E-state index contributed by atoms with van der Waals surface area (Å²) >= 11 is 12.3. The van der Waals surface area contributed by atoms with E-state index in [2.05, 4.69) is 0 Å². The Hall–Kier alpha value is -2.49. The van der Waals surface area contributed by atoms with Crippen molar-refractivity contribution in [3.05, 3.63) is 70.4 Å². The summed E-state index contributed by atoms with van der Waals surface area (Å²) < 4.78 is 5.53. The van der Waals surface area contributed by atoms with Gasteiger partial charge in [0.15, 0.2) is 0 Å². The third-order valence-corrected chi connectivity index (χ3v) is 4.34. The standard InChI is InChI=1S/C19H10Cl2O3/c20-12-5-10(6-13(21)9-12)16-7-11-8-17(19(22)23)24-18(11)15-4-2-1-3-14(15)16/h1-9H,(H,22,23). The van der Waals surface area contributed by atoms with Gasteiger partial charge in [0.25, 0.3) is 0 Å². The fourth-order valence-corrected chi connectivity index (χ4v) is 3.45. The molecule has 0 fully saturated rings. The summed E-state index contributed by atoms with van der Waals surface area (Å²) in [6, 6.07) is 16.4. The number of carboxylic acids is 1. The summed E-state index contributed by atoms with van der Waals surface area (Å²) in [5.74, 6) is -1.18. The lowest BCUT2D eigenvalue weighted by atomic mass is 9.96. The molecule has 0 radical (unpaired) electrons. The molecule has 4 rings (SSSR count). The molecule has 24 heavy (non-hydrogen) atoms. The Kier molecular flexibility index (Phi) is 3.48. The van der Waals surface area contributed by atoms with Crippen molar-refractivity contribution in [2.45, 2.75) is 0 Å². The molecule has 0 aliphatic carbocycles. The minimum Gasteiger partial charge on any atom is -0.475 e. The van der Waals surface area contributed by atoms with Crippen LogP contribution in [-0.2, 0) is 0 Å². The van der Waals surface area contributed by atoms with Crippen LogP contribution < -0.4 is 0 Å². The van der Waals surface area contributed by atoms with E-state index >= 15 is 0 Å². The van der Waals surface area contributed by atoms with E-state index in [-0.39, 0.29) is 5.76 Å². The molecule has 3 nitrogen and oxygen atoms in total. The van der Waals surface area contributed by atoms with E-state index in [9.17, 15) is 9.90 Å². The lowest BCUT2D eigenvalue weighted by molar-refractivity contribution is 0.0665. The molecular formula is C19H10Cl2O3. The summed E-state index contributed by atoms with van der Waals surface area (Å²) in [5, 5.41) is 12.8. The minimum absolute atomic E-state index is 0.0866. The van der Waals surface area contributed by atoms with E-state index in [1.807, 2.05) is 42.5 Å². The zero-order valence-corrected chi connectivity index (χ0v) is 13.7. The first-order chi connectivity index (χ1) is 11.5. The van der Waals surface area contributed by atoms with Crippen LogP contribution in [-0.4, -0.2) is 11.1 Å². The number of carboxylic acid groups (broad SMARTS) is 1. The van der Waals surface area contributed by atoms with Crippen LogP contribution in [0, 0.1) is 0 Å². The van der Waals surface area contributed by atoms with Gasteiger partial charge in [-0.2, -0.15) is 0 Å². The zero-order chi connectivity index (χ0) is 16.8. The van der Waals surface area contributed by atoms with Crippen molar-refractivity contribution in [1.29, 1.82) is 0 Å². The van der Waals surface area contributed by atoms with E-state index in [1.165, 1.54) is 6.07 Å². The Balaban J connectivity index is 2.12. The molecule has 0 atom stereocenters. The number of fused-ring (bicyclic) bond motifs is 3. The molecule has 0 aliphatic rings. The fraction of sp³-hybridized carbons (Fsp3) is 0. The lowest BCUT2D eigenvalue weighted by Gasteiger charge is -2.09. The Labute approximate surface area is 147 Å². The monoisotopic (exact) mass is 356 g/mol. The fourth-order valence-electron chi connectivity index (χ4n) is 2.93. The van der Waals surface area contributed by atoms with Crippen molar-refractivity contribution < 1.29 is 14.3 Å². The topological polar surface area (TPSA) is 50.4 Å². The summed E-state index contributed by atoms with van der Waals surface area (Å²) in [4.78, 5) is 11.2. The van der Waals surface area contributed by atoms with Crippen LogP contribution in [0.2, 0.25) is 10.0 Å². The van der Waals surface area contributed by atoms with Gasteiger partial charge in [0.05, 0.1) is 0 Å². The summed E-state index contributed by atoms with van der Waals surface area (Å²) in [6.45, 7) is 0. The van der Waals surface area contributed by atoms with Gasteiger partial charge in [-0.3, -0.25) is 0 Å². The predicted molar refractivity (Wildman–Crippen MR) is 96.1 cm³/mol. The molecule has 3 aromatic carbocycles. The summed E-state index contributed by atoms with van der Waals surface area (Å²) in [6.07, 6.45) is 0. The van der Waals surface area contributed by atoms with Gasteiger partial charge in [0.1, 0.15) is 5.58 Å². The number of benzene rings is 3. The molecule has 0 amide bonds. The summed E-state index contributed by atoms with van der Waals surface area (Å²) in [5.41, 5.74) is 2.34. The molecule has 0 bridgehead atoms. The number of halogens is 2. The molecule has 4 aromatic rings. The third-order valence-electron chi connectivity index (χ3n) is 3.91. The molecule has 1 N–H and O–H groups in total. The SMILES string of the molecule is O=C(O)c1cc2cc(-c3cc(Cl)cc(Cl)c3)c3ccccc3c2o1. The Morgan fingerprint density at radius 3 is 2.25 bits per heavy atom. The molecule has 0 spiro atoms. The zero-order valence-electron chi connectivity index (χ0n) is 12.2. The van der Waals surface area contributed by atoms with Crippen molar-refractivity contribution in [3.8, 4) is 11.1 Å². The van der Waals surface area contributed by atoms with Crippen LogP contribution in [0.5, 0.6) is 0 Å². The van der Waals surface area contributed by atoms with E-state index in [0.29, 0.717) is 15.6 Å². The lowest BCUT2D eigenvalue weighted by Crippen LogP contribution is -1.91. The van der Waals surface area contributed by atoms with Gasteiger partial charge < -0.3 is 9.52 Å². The number of hydrogen-bond acceptors (Lipinski definition) is 2. The number of rotatable bonds is 2. The van der Waals surface area contributed by atoms with Crippen LogP contribution in [0.3, 0.4) is 0 Å². The van der Waals surface area contributed by atoms with Gasteiger partial charge in [-0.05, 0) is 46.8 Å². The van der Waals surface area contributed by atoms with Gasteiger partial charge in [-0.25, -0.2) is 4.79 Å². The van der Waals surface area contributed by atoms with E-state index in [4.69, 9.17) is 27.6 Å². The first kappa shape index (κ1) is 15.1. The highest BCUT2D eigenvalue weighted by molar-refractivity contribution is 6.35. The largest absolute Gasteiger partial charge is 0.475 e. The van der Waals surface area contributed by atoms with Gasteiger partial charge in [0.2, 0.25) is 5.76 Å². The van der Waals surface area contributed by atoms with Crippen molar-refractivity contribution in [2.75, 3.05) is 0 Å². The van der Waals surface area contributed by atoms with Crippen LogP contribution in [0.15, 0.2) is 59.0 Å². The number of hydrogen-bond donors (Lipinski definition) is 1. The predicted octanol–water partition coefficient (Wildman–Crippen LogP) is 6.26. The van der Waals surface area contributed by atoms with Crippen LogP contribution in [0.4, 0.5) is 0 Å². The quantitative estimate of drug-likeness (QED) is 0.461. The second kappa shape index (κ2) is 5.55. The third kappa shape index (κ3) is 2.42. The summed E-state index contributed by atoms with van der Waals surface area (Å²) in [7, 11) is 0. The normalized spacial score (nSPS) is 11.2. The second-order valence-corrected chi connectivity index (χ2v) is 6.33. The number of aromatic carboxylic acids is 1. The van der Waals surface area contributed by atoms with Crippen LogP contribution >= 0.6 is 23.2 Å². The molecule has 5 heteroatoms. The maximum atomic E-state index is 11.2. The molecule has 0 unspecified atom stereocenters. The molecule has 0 saturated heterocycles. The van der Waals surface area contributed by atoms with Crippen LogP contribution in [0.1, 0.15) is 10.6 Å². The highest BCUT2D eigenvalue weighted by Gasteiger charge is 2.16. The van der Waals surface area contributed by atoms with E-state index in [1.54, 1.807) is 6.07 Å². The van der Waals surface area contributed by atoms with Crippen molar-refractivity contribution in [1.82, 2.24) is 0 Å². The van der Waals surface area contributed by atoms with Crippen molar-refractivity contribution in [3.63, 3.8) is 0 Å². The Morgan fingerprint density at radius 2 is 1.58 bits per heavy atom.